The summed E-state index contributed by atoms with van der Waals surface area (Å²) in [6, 6.07) is 6.04. The summed E-state index contributed by atoms with van der Waals surface area (Å²) in [5.41, 5.74) is 0.204. The molecule has 0 fully saturated rings. The molecule has 0 aliphatic rings. The number of rotatable bonds is 5. The van der Waals surface area contributed by atoms with Gasteiger partial charge in [-0.3, -0.25) is 0 Å². The van der Waals surface area contributed by atoms with Gasteiger partial charge in [-0.05, 0) is 29.0 Å². The summed E-state index contributed by atoms with van der Waals surface area (Å²) in [7, 11) is 2.20. The van der Waals surface area contributed by atoms with Crippen LogP contribution in [0.4, 0.5) is 0 Å². The van der Waals surface area contributed by atoms with Crippen LogP contribution in [0.3, 0.4) is 0 Å². The van der Waals surface area contributed by atoms with Crippen molar-refractivity contribution in [3.8, 4) is 0 Å². The van der Waals surface area contributed by atoms with E-state index < -0.39 is 11.9 Å². The molecule has 2 aromatic rings. The highest BCUT2D eigenvalue weighted by Crippen LogP contribution is 2.37. The van der Waals surface area contributed by atoms with Crippen molar-refractivity contribution in [1.82, 2.24) is 4.98 Å². The van der Waals surface area contributed by atoms with Gasteiger partial charge in [0.15, 0.2) is 6.20 Å². The van der Waals surface area contributed by atoms with Gasteiger partial charge in [-0.2, -0.15) is 0 Å². The third-order valence-corrected chi connectivity index (χ3v) is 4.55. The van der Waals surface area contributed by atoms with Crippen molar-refractivity contribution >= 4 is 33.5 Å². The molecule has 0 aliphatic carbocycles. The number of carboxylic acids is 2. The van der Waals surface area contributed by atoms with E-state index in [9.17, 15) is 9.59 Å². The van der Waals surface area contributed by atoms with Gasteiger partial charge in [-0.15, -0.1) is 0 Å². The van der Waals surface area contributed by atoms with Crippen molar-refractivity contribution in [2.75, 3.05) is 0 Å². The van der Waals surface area contributed by atoms with Crippen molar-refractivity contribution in [2.24, 2.45) is 0 Å². The zero-order valence-corrected chi connectivity index (χ0v) is 13.2. The van der Waals surface area contributed by atoms with Gasteiger partial charge in [0.2, 0.25) is 0 Å². The molecule has 10 heteroatoms. The molecule has 0 atom stereocenters. The first-order valence-corrected chi connectivity index (χ1v) is 7.51. The first-order valence-electron chi connectivity index (χ1n) is 5.36. The Bertz CT molecular complexity index is 614. The number of aromatic amines is 1. The number of H-pyrrole nitrogens is 1. The molecule has 0 saturated heterocycles. The normalized spacial score (nSPS) is 9.27. The van der Waals surface area contributed by atoms with Crippen LogP contribution in [-0.4, -0.2) is 32.6 Å². The number of pyridine rings is 2. The minimum atomic E-state index is -1.07. The second kappa shape index (κ2) is 9.26. The van der Waals surface area contributed by atoms with Crippen molar-refractivity contribution in [3.63, 3.8) is 0 Å². The summed E-state index contributed by atoms with van der Waals surface area (Å²) in [4.78, 5) is 28.9. The van der Waals surface area contributed by atoms with Crippen molar-refractivity contribution in [1.29, 1.82) is 0 Å². The molecule has 0 saturated carbocycles. The van der Waals surface area contributed by atoms with E-state index in [1.54, 1.807) is 12.3 Å². The van der Waals surface area contributed by atoms with E-state index in [2.05, 4.69) is 9.97 Å². The van der Waals surface area contributed by atoms with E-state index >= 15 is 0 Å². The Morgan fingerprint density at radius 1 is 1.05 bits per heavy atom. The van der Waals surface area contributed by atoms with Crippen LogP contribution in [0.25, 0.3) is 0 Å². The van der Waals surface area contributed by atoms with Crippen LogP contribution < -0.4 is 17.4 Å². The fourth-order valence-corrected chi connectivity index (χ4v) is 3.53. The molecule has 22 heavy (non-hydrogen) atoms. The molecule has 0 aliphatic heterocycles. The van der Waals surface area contributed by atoms with Crippen LogP contribution >= 0.6 is 21.6 Å². The number of carboxylic acid groups (broad SMARTS) is 2. The number of nitrogens with zero attached hydrogens (tertiary/aromatic N) is 1. The van der Waals surface area contributed by atoms with Gasteiger partial charge in [0.25, 0.3) is 5.03 Å². The second-order valence-electron chi connectivity index (χ2n) is 3.55. The molecule has 118 valence electrons. The van der Waals surface area contributed by atoms with Crippen LogP contribution in [0, 0.1) is 0 Å². The Hall–Kier alpha value is -1.81. The SMILES string of the molecule is O.O=C(O)c1cccnc1SSc1[nH+]cccc1C(=O)O.[Cl-]. The fraction of sp³-hybridized carbons (Fsp3) is 0. The largest absolute Gasteiger partial charge is 1.00 e. The number of nitrogens with one attached hydrogen (secondary N) is 1. The molecule has 2 aromatic heterocycles. The summed E-state index contributed by atoms with van der Waals surface area (Å²) in [6.07, 6.45) is 3.09. The molecule has 0 spiro atoms. The molecular weight excluding hydrogens is 352 g/mol. The van der Waals surface area contributed by atoms with Gasteiger partial charge < -0.3 is 28.1 Å². The monoisotopic (exact) mass is 362 g/mol. The average molecular weight is 363 g/mol. The van der Waals surface area contributed by atoms with Crippen molar-refractivity contribution in [2.45, 2.75) is 10.1 Å². The summed E-state index contributed by atoms with van der Waals surface area (Å²) >= 11 is 0. The highest BCUT2D eigenvalue weighted by molar-refractivity contribution is 8.76. The number of carbonyl (C=O) groups is 2. The zero-order valence-electron chi connectivity index (χ0n) is 10.8. The van der Waals surface area contributed by atoms with Gasteiger partial charge in [0, 0.05) is 23.1 Å². The smallest absolute Gasteiger partial charge is 0.343 e. The Balaban J connectivity index is 0.00000220. The van der Waals surface area contributed by atoms with Crippen molar-refractivity contribution < 1.29 is 42.7 Å². The van der Waals surface area contributed by atoms with Crippen LogP contribution in [0.5, 0.6) is 0 Å². The predicted molar refractivity (Wildman–Crippen MR) is 76.5 cm³/mol. The second-order valence-corrected chi connectivity index (χ2v) is 5.67. The van der Waals surface area contributed by atoms with Crippen LogP contribution in [0.2, 0.25) is 0 Å². The van der Waals surface area contributed by atoms with E-state index in [0.29, 0.717) is 10.1 Å². The quantitative estimate of drug-likeness (QED) is 0.604. The lowest BCUT2D eigenvalue weighted by Crippen LogP contribution is -3.00. The lowest BCUT2D eigenvalue weighted by Gasteiger charge is -2.02. The summed E-state index contributed by atoms with van der Waals surface area (Å²) in [5.74, 6) is -2.12. The lowest BCUT2D eigenvalue weighted by molar-refractivity contribution is -0.426. The molecule has 0 amide bonds. The highest BCUT2D eigenvalue weighted by Gasteiger charge is 2.19. The van der Waals surface area contributed by atoms with Gasteiger partial charge in [-0.1, -0.05) is 0 Å². The number of halogens is 1. The Labute approximate surface area is 139 Å². The Kier molecular flexibility index (Phi) is 8.50. The highest BCUT2D eigenvalue weighted by atomic mass is 35.5. The molecule has 5 N–H and O–H groups in total. The molecule has 2 heterocycles. The van der Waals surface area contributed by atoms with E-state index in [1.807, 2.05) is 0 Å². The Morgan fingerprint density at radius 3 is 2.32 bits per heavy atom. The molecule has 0 radical (unpaired) electrons. The summed E-state index contributed by atoms with van der Waals surface area (Å²) in [6.45, 7) is 0. The van der Waals surface area contributed by atoms with E-state index in [0.717, 1.165) is 21.6 Å². The maximum absolute atomic E-state index is 11.1. The van der Waals surface area contributed by atoms with Gasteiger partial charge in [-0.25, -0.2) is 19.6 Å². The number of hydrogen-bond donors (Lipinski definition) is 2. The zero-order chi connectivity index (χ0) is 14.5. The van der Waals surface area contributed by atoms with E-state index in [-0.39, 0.29) is 29.0 Å². The lowest BCUT2D eigenvalue weighted by atomic mass is 10.3. The van der Waals surface area contributed by atoms with E-state index in [1.165, 1.54) is 24.4 Å². The number of hydrogen-bond acceptors (Lipinski definition) is 5. The summed E-state index contributed by atoms with van der Waals surface area (Å²) in [5, 5.41) is 18.8. The first-order chi connectivity index (χ1) is 9.59. The topological polar surface area (TPSA) is 133 Å². The van der Waals surface area contributed by atoms with Gasteiger partial charge >= 0.3 is 11.9 Å². The molecule has 0 unspecified atom stereocenters. The van der Waals surface area contributed by atoms with Crippen LogP contribution in [-0.2, 0) is 0 Å². The third kappa shape index (κ3) is 4.88. The van der Waals surface area contributed by atoms with E-state index in [4.69, 9.17) is 10.2 Å². The van der Waals surface area contributed by atoms with Crippen LogP contribution in [0.15, 0.2) is 46.7 Å². The average Bonchev–Trinajstić information content (AvgIpc) is 2.45. The Morgan fingerprint density at radius 2 is 1.68 bits per heavy atom. The minimum absolute atomic E-state index is 0. The summed E-state index contributed by atoms with van der Waals surface area (Å²) < 4.78 is 0. The minimum Gasteiger partial charge on any atom is -1.00 e. The molecule has 0 aromatic carbocycles. The molecule has 2 rings (SSSR count). The van der Waals surface area contributed by atoms with Crippen LogP contribution in [0.1, 0.15) is 20.7 Å². The number of aromatic carboxylic acids is 2. The third-order valence-electron chi connectivity index (χ3n) is 2.25. The fourth-order valence-electron chi connectivity index (χ4n) is 1.36. The van der Waals surface area contributed by atoms with Gasteiger partial charge in [0.1, 0.15) is 10.6 Å². The van der Waals surface area contributed by atoms with Gasteiger partial charge in [0.05, 0.1) is 5.56 Å². The molecule has 7 nitrogen and oxygen atoms in total. The predicted octanol–water partition coefficient (Wildman–Crippen LogP) is -1.73. The number of aromatic nitrogens is 2. The first kappa shape index (κ1) is 20.2. The maximum atomic E-state index is 11.1. The standard InChI is InChI=1S/C12H8N2O4S2.ClH.H2O/c15-11(16)7-3-1-5-13-9(7)19-20-10-8(12(17)18)4-2-6-14-10;;/h1-6H,(H,15,16)(H,17,18);1H;1H2. The maximum Gasteiger partial charge on any atom is 0.343 e. The van der Waals surface area contributed by atoms with Crippen molar-refractivity contribution in [3.05, 3.63) is 47.8 Å². The molecule has 0 bridgehead atoms. The molecular formula is C12H11ClN2O5S2.